The first-order valence-electron chi connectivity index (χ1n) is 21.7. The average molecular weight is 1050 g/mol. The third kappa shape index (κ3) is 11.0. The lowest BCUT2D eigenvalue weighted by Crippen LogP contribution is -2.42. The first kappa shape index (κ1) is 51.9. The van der Waals surface area contributed by atoms with E-state index in [1.54, 1.807) is 13.8 Å². The molecule has 0 amide bonds. The Balaban J connectivity index is 0.000000300. The molecule has 2 fully saturated rings. The molecule has 8 rings (SSSR count). The summed E-state index contributed by atoms with van der Waals surface area (Å²) in [6.45, 7) is 3.31. The number of aryl methyl sites for hydroxylation is 2. The Morgan fingerprint density at radius 1 is 0.857 bits per heavy atom. The van der Waals surface area contributed by atoms with Crippen LogP contribution < -0.4 is 17.2 Å². The number of anilines is 1. The molecule has 4 aliphatic rings. The molecule has 4 aromatic rings. The molecule has 2 aromatic heterocycles. The number of alkyl halides is 6. The fourth-order valence-electron chi connectivity index (χ4n) is 8.37. The van der Waals surface area contributed by atoms with E-state index < -0.39 is 116 Å². The van der Waals surface area contributed by atoms with E-state index in [2.05, 4.69) is 20.0 Å². The minimum absolute atomic E-state index is 0. The van der Waals surface area contributed by atoms with Gasteiger partial charge in [-0.15, -0.1) is 0 Å². The van der Waals surface area contributed by atoms with Crippen molar-refractivity contribution in [2.45, 2.75) is 80.9 Å². The van der Waals surface area contributed by atoms with Crippen molar-refractivity contribution in [2.75, 3.05) is 19.6 Å². The van der Waals surface area contributed by atoms with E-state index in [1.807, 2.05) is 12.1 Å². The molecular weight excluding hydrogens is 1000 g/mol. The maximum Gasteiger partial charge on any atom is 0.354 e. The third-order valence-corrected chi connectivity index (χ3v) is 14.4. The Hall–Kier alpha value is -5.97. The number of rotatable bonds is 9. The minimum Gasteiger partial charge on any atom is -0.477 e. The topological polar surface area (TPSA) is 231 Å². The number of hydrogen-bond acceptors (Lipinski definition) is 13. The molecule has 0 radical (unpaired) electrons. The molecule has 2 aromatic carbocycles. The van der Waals surface area contributed by atoms with Crippen LogP contribution in [0.5, 0.6) is 0 Å². The fourth-order valence-corrected chi connectivity index (χ4v) is 11.0. The Labute approximate surface area is 412 Å². The molecule has 0 bridgehead atoms. The summed E-state index contributed by atoms with van der Waals surface area (Å²) in [6.07, 6.45) is -3.45. The lowest BCUT2D eigenvalue weighted by atomic mass is 9.83. The zero-order valence-corrected chi connectivity index (χ0v) is 38.7. The Morgan fingerprint density at radius 3 is 1.81 bits per heavy atom. The third-order valence-electron chi connectivity index (χ3n) is 11.7. The van der Waals surface area contributed by atoms with Crippen LogP contribution in [0.1, 0.15) is 88.5 Å². The molecule has 4 heterocycles. The number of amidine groups is 2. The van der Waals surface area contributed by atoms with Crippen molar-refractivity contribution >= 4 is 61.0 Å². The number of pyridine rings is 2. The van der Waals surface area contributed by atoms with Gasteiger partial charge in [0.05, 0.1) is 38.5 Å². The van der Waals surface area contributed by atoms with Crippen molar-refractivity contribution in [1.82, 2.24) is 9.97 Å². The zero-order chi connectivity index (χ0) is 55.1. The molecule has 2 saturated carbocycles. The maximum atomic E-state index is 14.9. The number of aromatic carboxylic acids is 1. The minimum atomic E-state index is -2.87. The maximum absolute atomic E-state index is 14.9. The molecule has 376 valence electrons. The summed E-state index contributed by atoms with van der Waals surface area (Å²) >= 11 is 1.43. The number of benzene rings is 2. The van der Waals surface area contributed by atoms with Crippen molar-refractivity contribution in [2.24, 2.45) is 33.3 Å². The van der Waals surface area contributed by atoms with Gasteiger partial charge in [0.1, 0.15) is 30.0 Å². The number of carbonyl (C=O) groups is 2. The molecular formula is C45H46F10N9O3PS2. The van der Waals surface area contributed by atoms with Gasteiger partial charge >= 0.3 is 5.97 Å². The van der Waals surface area contributed by atoms with Crippen molar-refractivity contribution in [3.8, 4) is 12.1 Å². The van der Waals surface area contributed by atoms with Crippen LogP contribution in [0.15, 0.2) is 58.8 Å². The summed E-state index contributed by atoms with van der Waals surface area (Å²) in [5.74, 6) is -8.34. The van der Waals surface area contributed by atoms with Crippen molar-refractivity contribution in [1.29, 1.82) is 14.4 Å². The van der Waals surface area contributed by atoms with Gasteiger partial charge in [-0.25, -0.2) is 54.3 Å². The first-order valence-corrected chi connectivity index (χ1v) is 21.3. The summed E-state index contributed by atoms with van der Waals surface area (Å²) in [4.78, 5) is 38.9. The number of nitrogens with two attached hydrogens (primary N) is 3. The van der Waals surface area contributed by atoms with E-state index in [1.165, 1.54) is 37.5 Å². The van der Waals surface area contributed by atoms with Crippen LogP contribution in [0.4, 0.5) is 49.6 Å². The van der Waals surface area contributed by atoms with E-state index in [9.17, 15) is 53.5 Å². The van der Waals surface area contributed by atoms with Crippen molar-refractivity contribution in [3.05, 3.63) is 122 Å². The van der Waals surface area contributed by atoms with Gasteiger partial charge in [-0.3, -0.25) is 19.2 Å². The van der Waals surface area contributed by atoms with E-state index in [0.717, 1.165) is 30.0 Å². The summed E-state index contributed by atoms with van der Waals surface area (Å²) in [5.41, 5.74) is 14.3. The van der Waals surface area contributed by atoms with Crippen molar-refractivity contribution in [3.63, 3.8) is 0 Å². The summed E-state index contributed by atoms with van der Waals surface area (Å²) in [6, 6.07) is 10.7. The van der Waals surface area contributed by atoms with Gasteiger partial charge in [-0.1, -0.05) is 31.0 Å². The highest BCUT2D eigenvalue weighted by Crippen LogP contribution is 2.69. The number of aromatic nitrogens is 2. The number of hydrogen-bond donors (Lipinski definition) is 4. The highest BCUT2D eigenvalue weighted by molar-refractivity contribution is 8.15. The number of carbonyl (C=O) groups excluding carboxylic acids is 1. The normalized spacial score (nSPS) is 24.9. The summed E-state index contributed by atoms with van der Waals surface area (Å²) in [7, 11) is -2.87. The molecule has 0 saturated heterocycles. The van der Waals surface area contributed by atoms with Crippen LogP contribution in [0.3, 0.4) is 0 Å². The number of carboxylic acids is 1. The number of Topliss-reactive ketones (excluding diaryl/α,β-unsaturated/α-hetero) is 1. The first-order chi connectivity index (χ1) is 34.1. The van der Waals surface area contributed by atoms with Gasteiger partial charge in [0.25, 0.3) is 12.9 Å². The second kappa shape index (κ2) is 22.4. The summed E-state index contributed by atoms with van der Waals surface area (Å²) < 4.78 is 156. The Bertz CT molecular complexity index is 2910. The highest BCUT2D eigenvalue weighted by Gasteiger charge is 2.73. The number of aliphatic imine (C=N–C) groups is 2. The monoisotopic (exact) mass is 1050 g/mol. The number of carboxylic acid groups (broad SMARTS) is 1. The molecule has 70 heavy (non-hydrogen) atoms. The predicted molar refractivity (Wildman–Crippen MR) is 251 cm³/mol. The van der Waals surface area contributed by atoms with Crippen LogP contribution in [0, 0.1) is 71.6 Å². The number of fused-ring (bicyclic) bond motifs is 2. The van der Waals surface area contributed by atoms with E-state index in [-0.39, 0.29) is 64.4 Å². The van der Waals surface area contributed by atoms with Gasteiger partial charge in [0.15, 0.2) is 45.1 Å². The van der Waals surface area contributed by atoms with E-state index >= 15 is 0 Å². The van der Waals surface area contributed by atoms with Crippen LogP contribution in [0.25, 0.3) is 0 Å². The van der Waals surface area contributed by atoms with Gasteiger partial charge in [0, 0.05) is 47.5 Å². The molecule has 2 aliphatic heterocycles. The predicted octanol–water partition coefficient (Wildman–Crippen LogP) is 9.30. The van der Waals surface area contributed by atoms with Crippen LogP contribution in [-0.4, -0.2) is 77.2 Å². The SMILES string of the molecule is C.C[C@]1(c2cc(N)cc(F)c2F)N=C(N)S[C@@]2(C(F)F)C[C@@H]12.Cc1cc(C#N)cnc1C(=O)Cc1cc(F)c(F)c([C@@]2(CF)N=C(N)S[C@@]3(C(F)F)C[C@@H]23)c1.Cc1cc(C#N)cnc1C(=O)O.[2H]CF.[3H]P([3H])[3H]. The Morgan fingerprint density at radius 2 is 1.33 bits per heavy atom. The fraction of sp³-hybridized carbons (Fsp3) is 0.378. The van der Waals surface area contributed by atoms with Gasteiger partial charge < -0.3 is 22.3 Å². The van der Waals surface area contributed by atoms with Gasteiger partial charge in [0.2, 0.25) is 0 Å². The molecule has 0 unspecified atom stereocenters. The van der Waals surface area contributed by atoms with Crippen LogP contribution in [-0.2, 0) is 17.5 Å². The standard InChI is InChI=1S/C22H17F5N4OS.C13H13F4N3S.C8H6N2O2.CH3F.CH4.H3P/c1-10-2-12(7-28)8-30-18(10)15(32)5-11-3-13(17(25)14(24)4-11)21(9-23)16-6-22(16,19(26)27)33-20(29)31-21;1-12(6-2-5(18)3-7(14)9(6)15)8-4-13(8,10(16)17)21-11(19)20-12;1-5-2-6(3-9)4-10-7(5)8(11)12;1-2;;/h2-4,8,16,19H,5-6,9H2,1H3,(H2,29,31);2-3,8,10H,4,18H2,1H3,(H2,19,20);2,4H,1H3,(H,11,12);1H3;1H4;1H3/t16-,21+,22-;8-,12+,13-;;;;/m00..../s1/i;;;1D;;1T3. The number of halogens is 10. The lowest BCUT2D eigenvalue weighted by molar-refractivity contribution is 0.0689. The summed E-state index contributed by atoms with van der Waals surface area (Å²) in [5, 5.41) is 25.6. The van der Waals surface area contributed by atoms with E-state index in [4.69, 9.17) is 38.0 Å². The molecule has 2 aliphatic carbocycles. The van der Waals surface area contributed by atoms with Gasteiger partial charge in [-0.2, -0.15) is 20.3 Å². The zero-order valence-electron chi connectivity index (χ0n) is 40.2. The molecule has 25 heteroatoms. The number of nitriles is 2. The van der Waals surface area contributed by atoms with Crippen molar-refractivity contribution < 1.29 is 60.0 Å². The smallest absolute Gasteiger partial charge is 0.354 e. The van der Waals surface area contributed by atoms with Crippen LogP contribution >= 0.6 is 33.3 Å². The quantitative estimate of drug-likeness (QED) is 0.0532. The molecule has 0 spiro atoms. The molecule has 7 N–H and O–H groups in total. The van der Waals surface area contributed by atoms with Gasteiger partial charge in [-0.05, 0) is 86.7 Å². The number of thioether (sulfide) groups is 2. The largest absolute Gasteiger partial charge is 0.477 e. The number of nitrogens with zero attached hydrogens (tertiary/aromatic N) is 6. The number of ketones is 1. The Kier molecular flexibility index (Phi) is 16.6. The van der Waals surface area contributed by atoms with E-state index in [0.29, 0.717) is 28.5 Å². The second-order valence-electron chi connectivity index (χ2n) is 16.0. The highest BCUT2D eigenvalue weighted by atomic mass is 32.2. The lowest BCUT2D eigenvalue weighted by Gasteiger charge is -2.35. The van der Waals surface area contributed by atoms with Crippen LogP contribution in [0.2, 0.25) is 0 Å². The molecule has 6 atom stereocenters. The average Bonchev–Trinajstić information content (AvgIpc) is 4.24. The number of nitrogen functional groups attached to an aromatic ring is 1. The molecule has 12 nitrogen and oxygen atoms in total. The second-order valence-corrected chi connectivity index (χ2v) is 18.8.